The van der Waals surface area contributed by atoms with Gasteiger partial charge in [0.05, 0.1) is 33.5 Å². The highest BCUT2D eigenvalue weighted by molar-refractivity contribution is 5.88. The lowest BCUT2D eigenvalue weighted by atomic mass is 10.0. The van der Waals surface area contributed by atoms with Crippen molar-refractivity contribution in [1.29, 1.82) is 0 Å². The van der Waals surface area contributed by atoms with Crippen LogP contribution in [0.5, 0.6) is 11.5 Å². The fourth-order valence-electron chi connectivity index (χ4n) is 5.34. The molecule has 0 spiro atoms. The van der Waals surface area contributed by atoms with Gasteiger partial charge >= 0.3 is 0 Å². The normalized spacial score (nSPS) is 11.2. The molecule has 0 atom stereocenters. The van der Waals surface area contributed by atoms with Crippen molar-refractivity contribution in [3.8, 4) is 45.4 Å². The number of aromatic nitrogens is 6. The topological polar surface area (TPSA) is 102 Å². The van der Waals surface area contributed by atoms with Crippen LogP contribution in [0.1, 0.15) is 11.4 Å². The molecule has 222 valence electrons. The predicted molar refractivity (Wildman–Crippen MR) is 179 cm³/mol. The van der Waals surface area contributed by atoms with Crippen LogP contribution in [0.3, 0.4) is 0 Å². The highest BCUT2D eigenvalue weighted by Gasteiger charge is 2.11. The fraction of sp³-hybridized carbons (Fsp3) is 0.0526. The van der Waals surface area contributed by atoms with Crippen LogP contribution in [-0.4, -0.2) is 29.9 Å². The summed E-state index contributed by atoms with van der Waals surface area (Å²) in [5.41, 5.74) is 9.65. The van der Waals surface area contributed by atoms with Crippen LogP contribution in [-0.2, 0) is 13.2 Å². The van der Waals surface area contributed by atoms with Gasteiger partial charge in [-0.1, -0.05) is 24.3 Å². The lowest BCUT2D eigenvalue weighted by Gasteiger charge is -2.06. The maximum absolute atomic E-state index is 5.88. The van der Waals surface area contributed by atoms with Crippen molar-refractivity contribution >= 4 is 22.1 Å². The van der Waals surface area contributed by atoms with Crippen molar-refractivity contribution in [3.63, 3.8) is 0 Å². The second-order valence-electron chi connectivity index (χ2n) is 10.9. The number of hydrogen-bond donors (Lipinski definition) is 2. The number of imidazole rings is 2. The first kappa shape index (κ1) is 27.3. The summed E-state index contributed by atoms with van der Waals surface area (Å²) in [6.07, 6.45) is 3.54. The molecule has 2 N–H and O–H groups in total. The molecule has 8 aromatic rings. The average Bonchev–Trinajstić information content (AvgIpc) is 3.75. The quantitative estimate of drug-likeness (QED) is 0.173. The summed E-state index contributed by atoms with van der Waals surface area (Å²) in [7, 11) is 0. The number of aromatic amines is 2. The van der Waals surface area contributed by atoms with Crippen LogP contribution in [0, 0.1) is 0 Å². The molecule has 0 unspecified atom stereocenters. The summed E-state index contributed by atoms with van der Waals surface area (Å²) in [5, 5.41) is 0. The largest absolute Gasteiger partial charge is 0.487 e. The van der Waals surface area contributed by atoms with E-state index in [1.807, 2.05) is 84.9 Å². The second-order valence-corrected chi connectivity index (χ2v) is 10.9. The molecule has 8 heteroatoms. The second kappa shape index (κ2) is 12.0. The Bertz CT molecular complexity index is 2080. The minimum Gasteiger partial charge on any atom is -0.487 e. The number of H-pyrrole nitrogens is 2. The third-order valence-electron chi connectivity index (χ3n) is 7.78. The first-order valence-corrected chi connectivity index (χ1v) is 15.0. The van der Waals surface area contributed by atoms with E-state index in [9.17, 15) is 0 Å². The third-order valence-corrected chi connectivity index (χ3v) is 7.78. The molecular formula is C38H28N6O2. The smallest absolute Gasteiger partial charge is 0.138 e. The van der Waals surface area contributed by atoms with Crippen LogP contribution >= 0.6 is 0 Å². The monoisotopic (exact) mass is 600 g/mol. The SMILES string of the molecule is c1ccc(COc2ccc(-c3nc4cc(-c5ccc6[nH]c(-c7ccc(OCc8ccccn8)cc7)nc6c5)ccc4[nH]3)cc2)nc1. The van der Waals surface area contributed by atoms with Crippen LogP contribution in [0.2, 0.25) is 0 Å². The van der Waals surface area contributed by atoms with Gasteiger partial charge in [-0.05, 0) is 108 Å². The zero-order valence-electron chi connectivity index (χ0n) is 24.7. The van der Waals surface area contributed by atoms with Crippen molar-refractivity contribution < 1.29 is 9.47 Å². The van der Waals surface area contributed by atoms with Gasteiger partial charge in [-0.2, -0.15) is 0 Å². The number of benzene rings is 4. The van der Waals surface area contributed by atoms with Crippen molar-refractivity contribution in [3.05, 3.63) is 145 Å². The van der Waals surface area contributed by atoms with E-state index in [-0.39, 0.29) is 0 Å². The minimum atomic E-state index is 0.426. The van der Waals surface area contributed by atoms with E-state index in [0.29, 0.717) is 13.2 Å². The van der Waals surface area contributed by atoms with Gasteiger partial charge in [0, 0.05) is 23.5 Å². The summed E-state index contributed by atoms with van der Waals surface area (Å²) < 4.78 is 11.8. The van der Waals surface area contributed by atoms with Gasteiger partial charge < -0.3 is 19.4 Å². The molecule has 8 rings (SSSR count). The molecule has 8 nitrogen and oxygen atoms in total. The Hall–Kier alpha value is -6.28. The molecule has 4 aromatic carbocycles. The predicted octanol–water partition coefficient (Wildman–Crippen LogP) is 8.39. The van der Waals surface area contributed by atoms with E-state index in [1.54, 1.807) is 12.4 Å². The summed E-state index contributed by atoms with van der Waals surface area (Å²) in [6, 6.07) is 40.0. The number of nitrogens with zero attached hydrogens (tertiary/aromatic N) is 4. The van der Waals surface area contributed by atoms with E-state index < -0.39 is 0 Å². The lowest BCUT2D eigenvalue weighted by Crippen LogP contribution is -1.97. The Morgan fingerprint density at radius 2 is 0.891 bits per heavy atom. The minimum absolute atomic E-state index is 0.426. The number of ether oxygens (including phenoxy) is 2. The molecule has 0 fully saturated rings. The van der Waals surface area contributed by atoms with Crippen LogP contribution in [0.15, 0.2) is 134 Å². The summed E-state index contributed by atoms with van der Waals surface area (Å²) >= 11 is 0. The zero-order valence-corrected chi connectivity index (χ0v) is 24.7. The standard InChI is InChI=1S/C38H28N6O2/c1-3-19-39-29(5-1)23-45-31-13-7-25(8-14-31)37-41-33-17-11-27(21-35(33)43-37)28-12-18-34-36(22-28)44-38(42-34)26-9-15-32(16-10-26)46-24-30-6-2-4-20-40-30/h1-22H,23-24H2,(H,41,43)(H,42,44). The molecule has 0 saturated heterocycles. The van der Waals surface area contributed by atoms with E-state index in [0.717, 1.165) is 78.9 Å². The Labute approximate surface area is 264 Å². The fourth-order valence-corrected chi connectivity index (χ4v) is 5.34. The molecule has 0 amide bonds. The van der Waals surface area contributed by atoms with Gasteiger partial charge in [0.1, 0.15) is 36.4 Å². The summed E-state index contributed by atoms with van der Waals surface area (Å²) in [5.74, 6) is 3.19. The third kappa shape index (κ3) is 5.79. The van der Waals surface area contributed by atoms with E-state index in [2.05, 4.69) is 56.3 Å². The molecule has 0 aliphatic heterocycles. The van der Waals surface area contributed by atoms with Crippen molar-refractivity contribution in [1.82, 2.24) is 29.9 Å². The van der Waals surface area contributed by atoms with Gasteiger partial charge in [-0.15, -0.1) is 0 Å². The summed E-state index contributed by atoms with van der Waals surface area (Å²) in [6.45, 7) is 0.852. The molecule has 0 bridgehead atoms. The highest BCUT2D eigenvalue weighted by atomic mass is 16.5. The maximum Gasteiger partial charge on any atom is 0.138 e. The van der Waals surface area contributed by atoms with E-state index in [1.165, 1.54) is 0 Å². The zero-order chi connectivity index (χ0) is 30.7. The molecule has 4 aromatic heterocycles. The molecule has 4 heterocycles. The highest BCUT2D eigenvalue weighted by Crippen LogP contribution is 2.30. The summed E-state index contributed by atoms with van der Waals surface area (Å²) in [4.78, 5) is 25.3. The number of fused-ring (bicyclic) bond motifs is 2. The van der Waals surface area contributed by atoms with Crippen LogP contribution in [0.4, 0.5) is 0 Å². The van der Waals surface area contributed by atoms with Crippen LogP contribution in [0.25, 0.3) is 56.0 Å². The number of hydrogen-bond acceptors (Lipinski definition) is 6. The Kier molecular flexibility index (Phi) is 7.12. The Morgan fingerprint density at radius 1 is 0.457 bits per heavy atom. The molecule has 0 aliphatic rings. The van der Waals surface area contributed by atoms with Crippen molar-refractivity contribution in [2.75, 3.05) is 0 Å². The van der Waals surface area contributed by atoms with E-state index >= 15 is 0 Å². The average molecular weight is 601 g/mol. The number of pyridine rings is 2. The number of nitrogens with one attached hydrogen (secondary N) is 2. The van der Waals surface area contributed by atoms with Crippen molar-refractivity contribution in [2.24, 2.45) is 0 Å². The first-order valence-electron chi connectivity index (χ1n) is 15.0. The Morgan fingerprint density at radius 3 is 1.30 bits per heavy atom. The molecule has 0 aliphatic carbocycles. The van der Waals surface area contributed by atoms with Crippen LogP contribution < -0.4 is 9.47 Å². The lowest BCUT2D eigenvalue weighted by molar-refractivity contribution is 0.301. The number of rotatable bonds is 9. The molecule has 0 saturated carbocycles. The molecular weight excluding hydrogens is 572 g/mol. The molecule has 46 heavy (non-hydrogen) atoms. The van der Waals surface area contributed by atoms with Gasteiger partial charge in [-0.25, -0.2) is 9.97 Å². The van der Waals surface area contributed by atoms with Crippen molar-refractivity contribution in [2.45, 2.75) is 13.2 Å². The van der Waals surface area contributed by atoms with Gasteiger partial charge in [-0.3, -0.25) is 9.97 Å². The molecule has 0 radical (unpaired) electrons. The maximum atomic E-state index is 5.88. The Balaban J connectivity index is 0.972. The van der Waals surface area contributed by atoms with E-state index in [4.69, 9.17) is 19.4 Å². The first-order chi connectivity index (χ1) is 22.7. The van der Waals surface area contributed by atoms with Gasteiger partial charge in [0.25, 0.3) is 0 Å². The van der Waals surface area contributed by atoms with Gasteiger partial charge in [0.15, 0.2) is 0 Å². The van der Waals surface area contributed by atoms with Gasteiger partial charge in [0.2, 0.25) is 0 Å².